The molecule has 0 fully saturated rings. The maximum absolute atomic E-state index is 12.7. The Morgan fingerprint density at radius 2 is 1.56 bits per heavy atom. The Balaban J connectivity index is 2.56. The van der Waals surface area contributed by atoms with Gasteiger partial charge in [-0.1, -0.05) is 35.3 Å². The third-order valence-corrected chi connectivity index (χ3v) is 2.81. The molecule has 0 heterocycles. The van der Waals surface area contributed by atoms with Gasteiger partial charge in [-0.15, -0.1) is 0 Å². The highest BCUT2D eigenvalue weighted by Gasteiger charge is 2.08. The van der Waals surface area contributed by atoms with E-state index in [2.05, 4.69) is 0 Å². The van der Waals surface area contributed by atoms with Crippen LogP contribution in [0.4, 0.5) is 4.39 Å². The molecule has 0 aliphatic carbocycles. The first kappa shape index (κ1) is 11.2. The van der Waals surface area contributed by atoms with Crippen molar-refractivity contribution in [3.05, 3.63) is 52.3 Å². The van der Waals surface area contributed by atoms with Crippen LogP contribution in [0.25, 0.3) is 11.1 Å². The van der Waals surface area contributed by atoms with Crippen molar-refractivity contribution in [1.82, 2.24) is 0 Å². The molecule has 1 N–H and O–H groups in total. The Kier molecular flexibility index (Phi) is 3.03. The number of benzene rings is 2. The lowest BCUT2D eigenvalue weighted by Gasteiger charge is -2.06. The Morgan fingerprint density at radius 3 is 2.19 bits per heavy atom. The minimum atomic E-state index is -0.315. The zero-order valence-corrected chi connectivity index (χ0v) is 9.56. The van der Waals surface area contributed by atoms with E-state index in [1.165, 1.54) is 18.2 Å². The van der Waals surface area contributed by atoms with Crippen LogP contribution in [0.1, 0.15) is 0 Å². The number of phenols is 1. The number of phenolic OH excluding ortho intramolecular Hbond substituents is 1. The summed E-state index contributed by atoms with van der Waals surface area (Å²) < 4.78 is 12.7. The highest BCUT2D eigenvalue weighted by molar-refractivity contribution is 6.36. The van der Waals surface area contributed by atoms with Crippen LogP contribution < -0.4 is 0 Å². The van der Waals surface area contributed by atoms with E-state index in [-0.39, 0.29) is 16.6 Å². The maximum atomic E-state index is 12.7. The molecular formula is C12H7Cl2FO. The third-order valence-electron chi connectivity index (χ3n) is 2.19. The number of rotatable bonds is 1. The summed E-state index contributed by atoms with van der Waals surface area (Å²) in [6, 6.07) is 8.79. The number of hydrogen-bond donors (Lipinski definition) is 1. The summed E-state index contributed by atoms with van der Waals surface area (Å²) in [7, 11) is 0. The normalized spacial score (nSPS) is 10.4. The van der Waals surface area contributed by atoms with Crippen LogP contribution in [0.3, 0.4) is 0 Å². The second-order valence-electron chi connectivity index (χ2n) is 3.29. The first-order valence-corrected chi connectivity index (χ1v) is 5.27. The van der Waals surface area contributed by atoms with E-state index in [4.69, 9.17) is 23.2 Å². The van der Waals surface area contributed by atoms with Gasteiger partial charge < -0.3 is 5.11 Å². The lowest BCUT2D eigenvalue weighted by molar-refractivity contribution is 0.475. The molecule has 82 valence electrons. The summed E-state index contributed by atoms with van der Waals surface area (Å²) in [6.07, 6.45) is 0. The third kappa shape index (κ3) is 2.13. The zero-order chi connectivity index (χ0) is 11.7. The molecule has 1 nitrogen and oxygen atoms in total. The van der Waals surface area contributed by atoms with Gasteiger partial charge in [0.2, 0.25) is 0 Å². The van der Waals surface area contributed by atoms with E-state index in [0.29, 0.717) is 10.6 Å². The van der Waals surface area contributed by atoms with Gasteiger partial charge in [-0.05, 0) is 23.8 Å². The molecule has 0 spiro atoms. The molecule has 0 bridgehead atoms. The Bertz CT molecular complexity index is 523. The number of aromatic hydroxyl groups is 1. The van der Waals surface area contributed by atoms with Crippen molar-refractivity contribution in [2.75, 3.05) is 0 Å². The van der Waals surface area contributed by atoms with Crippen molar-refractivity contribution < 1.29 is 9.50 Å². The van der Waals surface area contributed by atoms with Crippen LogP contribution in [0.15, 0.2) is 36.4 Å². The number of halogens is 3. The van der Waals surface area contributed by atoms with Crippen LogP contribution in [0, 0.1) is 5.82 Å². The Labute approximate surface area is 102 Å². The lowest BCUT2D eigenvalue weighted by atomic mass is 10.1. The molecule has 0 atom stereocenters. The van der Waals surface area contributed by atoms with E-state index in [1.54, 1.807) is 18.2 Å². The lowest BCUT2D eigenvalue weighted by Crippen LogP contribution is -1.81. The van der Waals surface area contributed by atoms with Crippen molar-refractivity contribution in [3.8, 4) is 16.9 Å². The molecule has 0 unspecified atom stereocenters. The summed E-state index contributed by atoms with van der Waals surface area (Å²) in [5, 5.41) is 9.92. The molecule has 4 heteroatoms. The van der Waals surface area contributed by atoms with Crippen molar-refractivity contribution in [3.63, 3.8) is 0 Å². The molecule has 2 aromatic carbocycles. The standard InChI is InChI=1S/C12H7Cl2FO/c13-10-6-12(16)11(14)5-9(10)7-1-3-8(15)4-2-7/h1-6,16H. The van der Waals surface area contributed by atoms with E-state index < -0.39 is 0 Å². The van der Waals surface area contributed by atoms with Crippen LogP contribution in [0.5, 0.6) is 5.75 Å². The summed E-state index contributed by atoms with van der Waals surface area (Å²) in [4.78, 5) is 0. The van der Waals surface area contributed by atoms with Gasteiger partial charge in [0.25, 0.3) is 0 Å². The molecule has 0 saturated carbocycles. The van der Waals surface area contributed by atoms with Crippen molar-refractivity contribution in [2.45, 2.75) is 0 Å². The highest BCUT2D eigenvalue weighted by atomic mass is 35.5. The minimum Gasteiger partial charge on any atom is -0.506 e. The molecule has 16 heavy (non-hydrogen) atoms. The monoisotopic (exact) mass is 256 g/mol. The van der Waals surface area contributed by atoms with Crippen LogP contribution >= 0.6 is 23.2 Å². The van der Waals surface area contributed by atoms with Gasteiger partial charge in [0.1, 0.15) is 11.6 Å². The zero-order valence-electron chi connectivity index (χ0n) is 8.05. The molecule has 0 amide bonds. The molecule has 2 aromatic rings. The van der Waals surface area contributed by atoms with Crippen LogP contribution in [-0.2, 0) is 0 Å². The predicted molar refractivity (Wildman–Crippen MR) is 63.5 cm³/mol. The second kappa shape index (κ2) is 4.32. The van der Waals surface area contributed by atoms with Gasteiger partial charge in [0, 0.05) is 11.6 Å². The molecule has 0 aliphatic rings. The topological polar surface area (TPSA) is 20.2 Å². The summed E-state index contributed by atoms with van der Waals surface area (Å²) in [5.41, 5.74) is 1.40. The first-order valence-electron chi connectivity index (χ1n) is 4.52. The van der Waals surface area contributed by atoms with Gasteiger partial charge in [-0.3, -0.25) is 0 Å². The summed E-state index contributed by atoms with van der Waals surface area (Å²) in [5.74, 6) is -0.387. The largest absolute Gasteiger partial charge is 0.506 e. The predicted octanol–water partition coefficient (Wildman–Crippen LogP) is 4.51. The van der Waals surface area contributed by atoms with E-state index in [1.807, 2.05) is 0 Å². The fraction of sp³-hybridized carbons (Fsp3) is 0. The quantitative estimate of drug-likeness (QED) is 0.797. The van der Waals surface area contributed by atoms with Crippen molar-refractivity contribution in [1.29, 1.82) is 0 Å². The van der Waals surface area contributed by atoms with Crippen molar-refractivity contribution >= 4 is 23.2 Å². The summed E-state index contributed by atoms with van der Waals surface area (Å²) in [6.45, 7) is 0. The SMILES string of the molecule is Oc1cc(Cl)c(-c2ccc(F)cc2)cc1Cl. The Hall–Kier alpha value is -1.25. The van der Waals surface area contributed by atoms with Gasteiger partial charge in [0.15, 0.2) is 0 Å². The molecule has 0 radical (unpaired) electrons. The van der Waals surface area contributed by atoms with Gasteiger partial charge >= 0.3 is 0 Å². The average Bonchev–Trinajstić information content (AvgIpc) is 2.25. The maximum Gasteiger partial charge on any atom is 0.135 e. The second-order valence-corrected chi connectivity index (χ2v) is 4.10. The first-order chi connectivity index (χ1) is 7.58. The molecule has 0 saturated heterocycles. The average molecular weight is 257 g/mol. The fourth-order valence-corrected chi connectivity index (χ4v) is 1.82. The van der Waals surface area contributed by atoms with Crippen LogP contribution in [0.2, 0.25) is 10.0 Å². The van der Waals surface area contributed by atoms with Gasteiger partial charge in [-0.2, -0.15) is 0 Å². The van der Waals surface area contributed by atoms with Crippen LogP contribution in [-0.4, -0.2) is 5.11 Å². The van der Waals surface area contributed by atoms with Crippen molar-refractivity contribution in [2.24, 2.45) is 0 Å². The Morgan fingerprint density at radius 1 is 0.938 bits per heavy atom. The smallest absolute Gasteiger partial charge is 0.135 e. The van der Waals surface area contributed by atoms with Gasteiger partial charge in [0.05, 0.1) is 10.0 Å². The van der Waals surface area contributed by atoms with E-state index in [0.717, 1.165) is 5.56 Å². The van der Waals surface area contributed by atoms with E-state index in [9.17, 15) is 9.50 Å². The summed E-state index contributed by atoms with van der Waals surface area (Å²) >= 11 is 11.7. The number of hydrogen-bond acceptors (Lipinski definition) is 1. The highest BCUT2D eigenvalue weighted by Crippen LogP contribution is 2.35. The molecular weight excluding hydrogens is 250 g/mol. The van der Waals surface area contributed by atoms with E-state index >= 15 is 0 Å². The molecule has 0 aromatic heterocycles. The molecule has 0 aliphatic heterocycles. The minimum absolute atomic E-state index is 0.0717. The fourth-order valence-electron chi connectivity index (χ4n) is 1.39. The molecule has 2 rings (SSSR count). The van der Waals surface area contributed by atoms with Gasteiger partial charge in [-0.25, -0.2) is 4.39 Å².